The number of thiocarbonyl (C=S) groups is 1. The largest absolute Gasteiger partial charge is 0.506 e. The van der Waals surface area contributed by atoms with E-state index < -0.39 is 0 Å². The highest BCUT2D eigenvalue weighted by Gasteiger charge is 2.43. The van der Waals surface area contributed by atoms with Crippen LogP contribution in [0, 0.1) is 17.4 Å². The molecule has 7 heteroatoms. The van der Waals surface area contributed by atoms with E-state index >= 15 is 0 Å². The van der Waals surface area contributed by atoms with Gasteiger partial charge in [0, 0.05) is 26.7 Å². The number of H-pyrrole nitrogens is 1. The molecule has 1 fully saturated rings. The fourth-order valence-electron chi connectivity index (χ4n) is 3.70. The summed E-state index contributed by atoms with van der Waals surface area (Å²) in [7, 11) is 0. The number of aromatic amines is 1. The Labute approximate surface area is 177 Å². The van der Waals surface area contributed by atoms with E-state index in [0.717, 1.165) is 17.1 Å². The zero-order valence-corrected chi connectivity index (χ0v) is 17.9. The Hall–Kier alpha value is -2.13. The zero-order valence-electron chi connectivity index (χ0n) is 14.9. The molecular weight excluding hydrogens is 471 g/mol. The SMILES string of the molecule is Cc1[nH]c(C)c([C@H]2[C@H](c3ccccn3)NC(=S)N2c2ccccc2O)c1I. The van der Waals surface area contributed by atoms with Crippen molar-refractivity contribution in [2.45, 2.75) is 25.9 Å². The summed E-state index contributed by atoms with van der Waals surface area (Å²) >= 11 is 8.07. The molecule has 0 spiro atoms. The summed E-state index contributed by atoms with van der Waals surface area (Å²) in [6, 6.07) is 12.9. The second kappa shape index (κ2) is 7.12. The highest BCUT2D eigenvalue weighted by molar-refractivity contribution is 14.1. The number of hydrogen-bond donors (Lipinski definition) is 3. The molecule has 27 heavy (non-hydrogen) atoms. The van der Waals surface area contributed by atoms with Crippen LogP contribution in [-0.4, -0.2) is 20.2 Å². The summed E-state index contributed by atoms with van der Waals surface area (Å²) in [6.07, 6.45) is 1.79. The Morgan fingerprint density at radius 1 is 1.11 bits per heavy atom. The van der Waals surface area contributed by atoms with E-state index in [2.05, 4.69) is 51.7 Å². The molecule has 4 rings (SSSR count). The van der Waals surface area contributed by atoms with Crippen LogP contribution in [-0.2, 0) is 0 Å². The summed E-state index contributed by atoms with van der Waals surface area (Å²) in [5.41, 5.74) is 4.98. The predicted molar refractivity (Wildman–Crippen MR) is 119 cm³/mol. The van der Waals surface area contributed by atoms with Gasteiger partial charge >= 0.3 is 0 Å². The molecule has 2 atom stereocenters. The molecule has 0 bridgehead atoms. The van der Waals surface area contributed by atoms with Crippen molar-refractivity contribution < 1.29 is 5.11 Å². The molecule has 1 aliphatic heterocycles. The molecule has 2 aromatic heterocycles. The average Bonchev–Trinajstić information content (AvgIpc) is 3.12. The first-order valence-corrected chi connectivity index (χ1v) is 10.1. The molecule has 1 aliphatic rings. The standard InChI is InChI=1S/C20H19IN4OS/c1-11-16(17(21)12(2)23-11)19-18(13-7-5-6-10-22-13)24-20(27)25(19)14-8-3-4-9-15(14)26/h3-10,18-19,23,26H,1-2H3,(H,24,27)/t18-,19-/m0/s1. The quantitative estimate of drug-likeness (QED) is 0.373. The number of aromatic hydroxyl groups is 1. The van der Waals surface area contributed by atoms with Gasteiger partial charge in [-0.15, -0.1) is 0 Å². The van der Waals surface area contributed by atoms with Crippen molar-refractivity contribution in [2.75, 3.05) is 4.90 Å². The van der Waals surface area contributed by atoms with Crippen molar-refractivity contribution in [1.82, 2.24) is 15.3 Å². The van der Waals surface area contributed by atoms with Gasteiger partial charge in [0.15, 0.2) is 5.11 Å². The van der Waals surface area contributed by atoms with Gasteiger partial charge < -0.3 is 20.3 Å². The molecule has 0 radical (unpaired) electrons. The van der Waals surface area contributed by atoms with E-state index in [0.29, 0.717) is 10.8 Å². The van der Waals surface area contributed by atoms with Crippen molar-refractivity contribution in [1.29, 1.82) is 0 Å². The molecule has 1 aromatic carbocycles. The van der Waals surface area contributed by atoms with Crippen LogP contribution in [0.4, 0.5) is 5.69 Å². The number of anilines is 1. The zero-order chi connectivity index (χ0) is 19.1. The number of phenolic OH excluding ortho intramolecular Hbond substituents is 1. The van der Waals surface area contributed by atoms with Crippen molar-refractivity contribution >= 4 is 45.6 Å². The van der Waals surface area contributed by atoms with Gasteiger partial charge in [-0.25, -0.2) is 0 Å². The van der Waals surface area contributed by atoms with Crippen LogP contribution in [0.1, 0.15) is 34.7 Å². The molecule has 3 heterocycles. The second-order valence-electron chi connectivity index (χ2n) is 6.59. The van der Waals surface area contributed by atoms with Crippen molar-refractivity contribution in [3.8, 4) is 5.75 Å². The third-order valence-corrected chi connectivity index (χ3v) is 6.58. The highest BCUT2D eigenvalue weighted by Crippen LogP contribution is 2.46. The normalized spacial score (nSPS) is 19.4. The molecule has 138 valence electrons. The number of nitrogens with zero attached hydrogens (tertiary/aromatic N) is 2. The fraction of sp³-hybridized carbons (Fsp3) is 0.200. The van der Waals surface area contributed by atoms with Gasteiger partial charge in [-0.05, 0) is 72.9 Å². The Bertz CT molecular complexity index is 1000. The topological polar surface area (TPSA) is 64.2 Å². The first-order valence-electron chi connectivity index (χ1n) is 8.62. The minimum Gasteiger partial charge on any atom is -0.506 e. The summed E-state index contributed by atoms with van der Waals surface area (Å²) in [4.78, 5) is 10.0. The molecule has 3 N–H and O–H groups in total. The number of aromatic nitrogens is 2. The second-order valence-corrected chi connectivity index (χ2v) is 8.05. The number of benzene rings is 1. The number of rotatable bonds is 3. The maximum atomic E-state index is 10.5. The minimum atomic E-state index is -0.127. The van der Waals surface area contributed by atoms with E-state index in [1.54, 1.807) is 12.3 Å². The van der Waals surface area contributed by atoms with Gasteiger partial charge in [0.1, 0.15) is 5.75 Å². The Kier molecular flexibility index (Phi) is 4.81. The Morgan fingerprint density at radius 3 is 2.48 bits per heavy atom. The lowest BCUT2D eigenvalue weighted by Gasteiger charge is -2.29. The first-order chi connectivity index (χ1) is 13.0. The van der Waals surface area contributed by atoms with E-state index in [1.165, 1.54) is 9.13 Å². The van der Waals surface area contributed by atoms with E-state index in [1.807, 2.05) is 41.3 Å². The molecule has 0 unspecified atom stereocenters. The molecule has 0 aliphatic carbocycles. The van der Waals surface area contributed by atoms with Crippen molar-refractivity contribution in [2.24, 2.45) is 0 Å². The summed E-state index contributed by atoms with van der Waals surface area (Å²) < 4.78 is 1.17. The maximum absolute atomic E-state index is 10.5. The number of para-hydroxylation sites is 2. The van der Waals surface area contributed by atoms with Crippen LogP contribution in [0.5, 0.6) is 5.75 Å². The summed E-state index contributed by atoms with van der Waals surface area (Å²) in [5.74, 6) is 0.202. The number of halogens is 1. The van der Waals surface area contributed by atoms with Gasteiger partial charge in [-0.3, -0.25) is 4.98 Å². The predicted octanol–water partition coefficient (Wildman–Crippen LogP) is 4.51. The molecular formula is C20H19IN4OS. The summed E-state index contributed by atoms with van der Waals surface area (Å²) in [6.45, 7) is 4.14. The molecule has 0 amide bonds. The van der Waals surface area contributed by atoms with Gasteiger partial charge in [0.25, 0.3) is 0 Å². The lowest BCUT2D eigenvalue weighted by molar-refractivity contribution is 0.472. The number of aryl methyl sites for hydroxylation is 2. The van der Waals surface area contributed by atoms with E-state index in [-0.39, 0.29) is 17.8 Å². The molecule has 0 saturated carbocycles. The number of phenols is 1. The monoisotopic (exact) mass is 490 g/mol. The lowest BCUT2D eigenvalue weighted by atomic mass is 9.96. The smallest absolute Gasteiger partial charge is 0.174 e. The number of hydrogen-bond acceptors (Lipinski definition) is 3. The van der Waals surface area contributed by atoms with Gasteiger partial charge in [0.2, 0.25) is 0 Å². The van der Waals surface area contributed by atoms with Crippen LogP contribution in [0.3, 0.4) is 0 Å². The van der Waals surface area contributed by atoms with Crippen LogP contribution in [0.25, 0.3) is 0 Å². The Balaban J connectivity index is 1.92. The third kappa shape index (κ3) is 3.08. The number of nitrogens with one attached hydrogen (secondary N) is 2. The average molecular weight is 490 g/mol. The van der Waals surface area contributed by atoms with E-state index in [4.69, 9.17) is 12.2 Å². The molecule has 5 nitrogen and oxygen atoms in total. The van der Waals surface area contributed by atoms with Gasteiger partial charge in [-0.2, -0.15) is 0 Å². The minimum absolute atomic E-state index is 0.124. The van der Waals surface area contributed by atoms with Gasteiger partial charge in [0.05, 0.1) is 23.5 Å². The van der Waals surface area contributed by atoms with E-state index in [9.17, 15) is 5.11 Å². The molecule has 3 aromatic rings. The first kappa shape index (κ1) is 18.2. The highest BCUT2D eigenvalue weighted by atomic mass is 127. The summed E-state index contributed by atoms with van der Waals surface area (Å²) in [5, 5.41) is 14.5. The van der Waals surface area contributed by atoms with Crippen LogP contribution in [0.15, 0.2) is 48.7 Å². The van der Waals surface area contributed by atoms with Gasteiger partial charge in [-0.1, -0.05) is 18.2 Å². The number of pyridine rings is 1. The van der Waals surface area contributed by atoms with Crippen molar-refractivity contribution in [3.05, 3.63) is 74.9 Å². The van der Waals surface area contributed by atoms with Crippen molar-refractivity contribution in [3.63, 3.8) is 0 Å². The van der Waals surface area contributed by atoms with Crippen LogP contribution >= 0.6 is 34.8 Å². The third-order valence-electron chi connectivity index (χ3n) is 4.88. The van der Waals surface area contributed by atoms with Crippen LogP contribution < -0.4 is 10.2 Å². The van der Waals surface area contributed by atoms with Crippen LogP contribution in [0.2, 0.25) is 0 Å². The molecule has 1 saturated heterocycles. The fourth-order valence-corrected chi connectivity index (χ4v) is 4.89. The lowest BCUT2D eigenvalue weighted by Crippen LogP contribution is -2.29. The maximum Gasteiger partial charge on any atom is 0.174 e. The Morgan fingerprint density at radius 2 is 1.85 bits per heavy atom.